The summed E-state index contributed by atoms with van der Waals surface area (Å²) in [6.07, 6.45) is 4.70. The summed E-state index contributed by atoms with van der Waals surface area (Å²) in [6, 6.07) is 0. The predicted molar refractivity (Wildman–Crippen MR) is 84.6 cm³/mol. The molecule has 18 heavy (non-hydrogen) atoms. The van der Waals surface area contributed by atoms with Gasteiger partial charge in [-0.05, 0) is 25.7 Å². The molecule has 5 nitrogen and oxygen atoms in total. The van der Waals surface area contributed by atoms with Crippen molar-refractivity contribution in [2.24, 2.45) is 10.7 Å². The van der Waals surface area contributed by atoms with Crippen LogP contribution >= 0.6 is 24.0 Å². The van der Waals surface area contributed by atoms with Crippen LogP contribution in [0.1, 0.15) is 25.7 Å². The lowest BCUT2D eigenvalue weighted by Crippen LogP contribution is -2.40. The van der Waals surface area contributed by atoms with Crippen molar-refractivity contribution >= 4 is 29.9 Å². The summed E-state index contributed by atoms with van der Waals surface area (Å²) in [7, 11) is 1.67. The number of hydrogen-bond donors (Lipinski definition) is 1. The Bertz CT molecular complexity index is 221. The van der Waals surface area contributed by atoms with Crippen LogP contribution in [0.5, 0.6) is 0 Å². The fraction of sp³-hybridized carbons (Fsp3) is 0.917. The highest BCUT2D eigenvalue weighted by Gasteiger charge is 2.11. The molecule has 0 aromatic heterocycles. The maximum Gasteiger partial charge on any atom is 0.191 e. The zero-order chi connectivity index (χ0) is 12.3. The fourth-order valence-electron chi connectivity index (χ4n) is 1.83. The SMILES string of the molecule is COCCOCCCN=C(N)N1CCCCC1.I. The van der Waals surface area contributed by atoms with Gasteiger partial charge in [0.2, 0.25) is 0 Å². The van der Waals surface area contributed by atoms with Gasteiger partial charge in [-0.2, -0.15) is 0 Å². The molecule has 0 bridgehead atoms. The molecule has 1 aliphatic heterocycles. The van der Waals surface area contributed by atoms with Crippen molar-refractivity contribution in [2.75, 3.05) is 46.6 Å². The summed E-state index contributed by atoms with van der Waals surface area (Å²) in [5, 5.41) is 0. The normalized spacial score (nSPS) is 16.5. The molecule has 108 valence electrons. The molecule has 0 spiro atoms. The summed E-state index contributed by atoms with van der Waals surface area (Å²) in [4.78, 5) is 6.55. The van der Waals surface area contributed by atoms with Crippen LogP contribution in [0.15, 0.2) is 4.99 Å². The molecule has 0 radical (unpaired) electrons. The summed E-state index contributed by atoms with van der Waals surface area (Å²) < 4.78 is 10.2. The van der Waals surface area contributed by atoms with E-state index in [1.807, 2.05) is 0 Å². The van der Waals surface area contributed by atoms with Gasteiger partial charge in [0.15, 0.2) is 5.96 Å². The van der Waals surface area contributed by atoms with E-state index in [9.17, 15) is 0 Å². The molecule has 1 heterocycles. The molecule has 0 saturated carbocycles. The smallest absolute Gasteiger partial charge is 0.191 e. The highest BCUT2D eigenvalue weighted by atomic mass is 127. The molecule has 6 heteroatoms. The Hall–Kier alpha value is -0.0800. The lowest BCUT2D eigenvalue weighted by molar-refractivity contribution is 0.0702. The van der Waals surface area contributed by atoms with Gasteiger partial charge in [0, 0.05) is 33.4 Å². The third-order valence-electron chi connectivity index (χ3n) is 2.83. The molecule has 0 aliphatic carbocycles. The van der Waals surface area contributed by atoms with E-state index in [0.29, 0.717) is 19.2 Å². The first-order valence-electron chi connectivity index (χ1n) is 6.46. The summed E-state index contributed by atoms with van der Waals surface area (Å²) in [6.45, 7) is 4.88. The Kier molecular flexibility index (Phi) is 11.9. The molecule has 0 aromatic rings. The monoisotopic (exact) mass is 371 g/mol. The van der Waals surface area contributed by atoms with Crippen LogP contribution in [0.2, 0.25) is 0 Å². The summed E-state index contributed by atoms with van der Waals surface area (Å²) in [5.74, 6) is 0.696. The molecule has 1 fully saturated rings. The Morgan fingerprint density at radius 1 is 1.17 bits per heavy atom. The van der Waals surface area contributed by atoms with Crippen molar-refractivity contribution in [1.29, 1.82) is 0 Å². The minimum Gasteiger partial charge on any atom is -0.382 e. The van der Waals surface area contributed by atoms with E-state index >= 15 is 0 Å². The molecule has 0 aromatic carbocycles. The third-order valence-corrected chi connectivity index (χ3v) is 2.83. The number of piperidine rings is 1. The molecular weight excluding hydrogens is 345 g/mol. The van der Waals surface area contributed by atoms with Crippen molar-refractivity contribution in [3.05, 3.63) is 0 Å². The Labute approximate surface area is 127 Å². The maximum atomic E-state index is 5.93. The molecule has 0 amide bonds. The van der Waals surface area contributed by atoms with Crippen molar-refractivity contribution in [2.45, 2.75) is 25.7 Å². The Balaban J connectivity index is 0.00000289. The van der Waals surface area contributed by atoms with Crippen LogP contribution in [0, 0.1) is 0 Å². The zero-order valence-electron chi connectivity index (χ0n) is 11.3. The molecule has 0 atom stereocenters. The number of methoxy groups -OCH3 is 1. The average molecular weight is 371 g/mol. The van der Waals surface area contributed by atoms with Gasteiger partial charge >= 0.3 is 0 Å². The van der Waals surface area contributed by atoms with Gasteiger partial charge in [-0.25, -0.2) is 0 Å². The number of hydrogen-bond acceptors (Lipinski definition) is 3. The number of likely N-dealkylation sites (tertiary alicyclic amines) is 1. The number of guanidine groups is 1. The van der Waals surface area contributed by atoms with Crippen LogP contribution in [0.25, 0.3) is 0 Å². The van der Waals surface area contributed by atoms with Gasteiger partial charge in [-0.1, -0.05) is 0 Å². The third kappa shape index (κ3) is 8.10. The Morgan fingerprint density at radius 3 is 2.56 bits per heavy atom. The number of nitrogens with zero attached hydrogens (tertiary/aromatic N) is 2. The lowest BCUT2D eigenvalue weighted by atomic mass is 10.1. The van der Waals surface area contributed by atoms with Gasteiger partial charge in [0.05, 0.1) is 13.2 Å². The van der Waals surface area contributed by atoms with Crippen LogP contribution in [-0.2, 0) is 9.47 Å². The topological polar surface area (TPSA) is 60.1 Å². The second kappa shape index (κ2) is 12.0. The zero-order valence-corrected chi connectivity index (χ0v) is 13.6. The van der Waals surface area contributed by atoms with Crippen LogP contribution < -0.4 is 5.73 Å². The van der Waals surface area contributed by atoms with Crippen LogP contribution in [0.4, 0.5) is 0 Å². The van der Waals surface area contributed by atoms with Crippen molar-refractivity contribution in [3.8, 4) is 0 Å². The Morgan fingerprint density at radius 2 is 1.89 bits per heavy atom. The number of rotatable bonds is 7. The molecular formula is C12H26IN3O2. The number of ether oxygens (including phenoxy) is 2. The van der Waals surface area contributed by atoms with E-state index in [0.717, 1.165) is 32.7 Å². The standard InChI is InChI=1S/C12H25N3O2.HI/c1-16-10-11-17-9-5-6-14-12(13)15-7-3-2-4-8-15;/h2-11H2,1H3,(H2,13,14);1H. The van der Waals surface area contributed by atoms with Crippen LogP contribution in [0.3, 0.4) is 0 Å². The second-order valence-corrected chi connectivity index (χ2v) is 4.25. The van der Waals surface area contributed by atoms with E-state index in [1.165, 1.54) is 19.3 Å². The predicted octanol–water partition coefficient (Wildman–Crippen LogP) is 1.46. The molecule has 1 rings (SSSR count). The number of halogens is 1. The first-order chi connectivity index (χ1) is 8.34. The van der Waals surface area contributed by atoms with Gasteiger partial charge in [0.1, 0.15) is 0 Å². The summed E-state index contributed by atoms with van der Waals surface area (Å²) in [5.41, 5.74) is 5.93. The van der Waals surface area contributed by atoms with E-state index in [-0.39, 0.29) is 24.0 Å². The van der Waals surface area contributed by atoms with Gasteiger partial charge in [-0.3, -0.25) is 4.99 Å². The highest BCUT2D eigenvalue weighted by Crippen LogP contribution is 2.07. The fourth-order valence-corrected chi connectivity index (χ4v) is 1.83. The van der Waals surface area contributed by atoms with E-state index in [4.69, 9.17) is 15.2 Å². The van der Waals surface area contributed by atoms with E-state index in [1.54, 1.807) is 7.11 Å². The van der Waals surface area contributed by atoms with E-state index < -0.39 is 0 Å². The molecule has 1 aliphatic rings. The molecule has 1 saturated heterocycles. The maximum absolute atomic E-state index is 5.93. The second-order valence-electron chi connectivity index (χ2n) is 4.25. The van der Waals surface area contributed by atoms with Crippen molar-refractivity contribution in [3.63, 3.8) is 0 Å². The lowest BCUT2D eigenvalue weighted by Gasteiger charge is -2.27. The van der Waals surface area contributed by atoms with Gasteiger partial charge < -0.3 is 20.1 Å². The van der Waals surface area contributed by atoms with Crippen LogP contribution in [-0.4, -0.2) is 57.4 Å². The average Bonchev–Trinajstić information content (AvgIpc) is 2.38. The van der Waals surface area contributed by atoms with Crippen molar-refractivity contribution < 1.29 is 9.47 Å². The quantitative estimate of drug-likeness (QED) is 0.319. The number of nitrogens with two attached hydrogens (primary N) is 1. The molecule has 2 N–H and O–H groups in total. The number of aliphatic imine (C=N–C) groups is 1. The highest BCUT2D eigenvalue weighted by molar-refractivity contribution is 14.0. The van der Waals surface area contributed by atoms with Crippen molar-refractivity contribution in [1.82, 2.24) is 4.90 Å². The van der Waals surface area contributed by atoms with E-state index in [2.05, 4.69) is 9.89 Å². The molecule has 0 unspecified atom stereocenters. The summed E-state index contributed by atoms with van der Waals surface area (Å²) >= 11 is 0. The van der Waals surface area contributed by atoms with Gasteiger partial charge in [0.25, 0.3) is 0 Å². The first-order valence-corrected chi connectivity index (χ1v) is 6.46. The minimum atomic E-state index is 0. The largest absolute Gasteiger partial charge is 0.382 e. The first kappa shape index (κ1) is 17.9. The minimum absolute atomic E-state index is 0. The van der Waals surface area contributed by atoms with Gasteiger partial charge in [-0.15, -0.1) is 24.0 Å².